The summed E-state index contributed by atoms with van der Waals surface area (Å²) < 4.78 is 41.5. The minimum atomic E-state index is -4.50. The lowest BCUT2D eigenvalue weighted by molar-refractivity contribution is -0.137. The van der Waals surface area contributed by atoms with Crippen molar-refractivity contribution in [2.45, 2.75) is 62.9 Å². The van der Waals surface area contributed by atoms with Crippen LogP contribution in [0.2, 0.25) is 5.02 Å². The highest BCUT2D eigenvalue weighted by Crippen LogP contribution is 2.40. The number of anilines is 1. The maximum absolute atomic E-state index is 13.1. The van der Waals surface area contributed by atoms with Crippen LogP contribution in [0, 0.1) is 11.8 Å². The molecule has 1 aromatic carbocycles. The molecule has 2 fully saturated rings. The molecule has 6 rings (SSSR count). The number of alkyl halides is 3. The van der Waals surface area contributed by atoms with Crippen molar-refractivity contribution in [3.8, 4) is 0 Å². The van der Waals surface area contributed by atoms with Crippen molar-refractivity contribution in [2.24, 2.45) is 11.8 Å². The molecule has 2 saturated carbocycles. The quantitative estimate of drug-likeness (QED) is 0.285. The van der Waals surface area contributed by atoms with Gasteiger partial charge in [0.1, 0.15) is 23.6 Å². The number of hydrogen-bond donors (Lipinski definition) is 3. The third-order valence-corrected chi connectivity index (χ3v) is 8.90. The topological polar surface area (TPSA) is 109 Å². The molecule has 3 unspecified atom stereocenters. The van der Waals surface area contributed by atoms with E-state index in [1.165, 1.54) is 12.4 Å². The van der Waals surface area contributed by atoms with Crippen LogP contribution < -0.4 is 5.73 Å². The molecule has 4 N–H and O–H groups in total. The lowest BCUT2D eigenvalue weighted by atomic mass is 9.76. The molecule has 12 heteroatoms. The van der Waals surface area contributed by atoms with Gasteiger partial charge in [-0.3, -0.25) is 0 Å². The number of imidazole rings is 1. The fourth-order valence-electron chi connectivity index (χ4n) is 6.41. The second kappa shape index (κ2) is 9.94. The van der Waals surface area contributed by atoms with Crippen molar-refractivity contribution in [1.29, 1.82) is 0 Å². The van der Waals surface area contributed by atoms with Gasteiger partial charge in [-0.2, -0.15) is 13.2 Å². The van der Waals surface area contributed by atoms with Crippen LogP contribution >= 0.6 is 11.6 Å². The Hall–Kier alpha value is -2.89. The highest BCUT2D eigenvalue weighted by atomic mass is 35.5. The van der Waals surface area contributed by atoms with E-state index in [1.54, 1.807) is 0 Å². The Morgan fingerprint density at radius 2 is 1.97 bits per heavy atom. The van der Waals surface area contributed by atoms with Gasteiger partial charge in [-0.15, -0.1) is 0 Å². The summed E-state index contributed by atoms with van der Waals surface area (Å²) in [4.78, 5) is 18.3. The Kier molecular flexibility index (Phi) is 6.71. The van der Waals surface area contributed by atoms with Gasteiger partial charge < -0.3 is 25.3 Å². The SMILES string of the molecule is CN(CC1CC(O)C(n2ccc3c(N)ncnc32)C1)C1CC(CCc2nc3cc(Cl)c(C(F)(F)F)cc3[nH]2)C1. The second-order valence-corrected chi connectivity index (χ2v) is 11.6. The van der Waals surface area contributed by atoms with Crippen LogP contribution in [-0.4, -0.2) is 60.2 Å². The van der Waals surface area contributed by atoms with Crippen LogP contribution in [-0.2, 0) is 12.6 Å². The molecule has 208 valence electrons. The second-order valence-electron chi connectivity index (χ2n) is 11.2. The molecule has 0 aliphatic heterocycles. The largest absolute Gasteiger partial charge is 0.417 e. The average molecular weight is 562 g/mol. The summed E-state index contributed by atoms with van der Waals surface area (Å²) in [5.41, 5.74) is 6.70. The number of aromatic amines is 1. The molecular weight excluding hydrogens is 531 g/mol. The molecule has 3 heterocycles. The van der Waals surface area contributed by atoms with E-state index in [-0.39, 0.29) is 11.1 Å². The van der Waals surface area contributed by atoms with E-state index in [1.807, 2.05) is 16.8 Å². The van der Waals surface area contributed by atoms with Crippen LogP contribution in [0.1, 0.15) is 49.5 Å². The summed E-state index contributed by atoms with van der Waals surface area (Å²) in [5, 5.41) is 11.3. The molecule has 0 spiro atoms. The number of aryl methyl sites for hydroxylation is 1. The third-order valence-electron chi connectivity index (χ3n) is 8.59. The predicted octanol–water partition coefficient (Wildman–Crippen LogP) is 5.22. The van der Waals surface area contributed by atoms with Gasteiger partial charge in [-0.1, -0.05) is 11.6 Å². The van der Waals surface area contributed by atoms with Crippen LogP contribution in [0.4, 0.5) is 19.0 Å². The summed E-state index contributed by atoms with van der Waals surface area (Å²) in [7, 11) is 2.15. The Balaban J connectivity index is 0.998. The molecule has 39 heavy (non-hydrogen) atoms. The van der Waals surface area contributed by atoms with E-state index >= 15 is 0 Å². The first-order chi connectivity index (χ1) is 18.6. The van der Waals surface area contributed by atoms with E-state index in [0.29, 0.717) is 47.0 Å². The summed E-state index contributed by atoms with van der Waals surface area (Å²) in [6.45, 7) is 0.924. The number of nitrogens with two attached hydrogens (primary N) is 1. The highest BCUT2D eigenvalue weighted by molar-refractivity contribution is 6.32. The number of benzene rings is 1. The zero-order valence-electron chi connectivity index (χ0n) is 21.5. The Morgan fingerprint density at radius 3 is 2.74 bits per heavy atom. The Morgan fingerprint density at radius 1 is 1.18 bits per heavy atom. The lowest BCUT2D eigenvalue weighted by Crippen LogP contribution is -2.44. The first-order valence-electron chi connectivity index (χ1n) is 13.3. The monoisotopic (exact) mass is 561 g/mol. The number of aromatic nitrogens is 5. The molecule has 0 saturated heterocycles. The highest BCUT2D eigenvalue weighted by Gasteiger charge is 2.38. The maximum atomic E-state index is 13.1. The number of H-pyrrole nitrogens is 1. The number of rotatable bonds is 7. The minimum Gasteiger partial charge on any atom is -0.391 e. The van der Waals surface area contributed by atoms with Gasteiger partial charge in [0.2, 0.25) is 0 Å². The number of nitrogens with one attached hydrogen (secondary N) is 1. The minimum absolute atomic E-state index is 0.0322. The van der Waals surface area contributed by atoms with E-state index in [9.17, 15) is 18.3 Å². The lowest BCUT2D eigenvalue weighted by Gasteiger charge is -2.42. The molecule has 0 radical (unpaired) electrons. The zero-order valence-corrected chi connectivity index (χ0v) is 22.3. The first kappa shape index (κ1) is 26.3. The molecule has 0 amide bonds. The van der Waals surface area contributed by atoms with Crippen LogP contribution in [0.15, 0.2) is 30.7 Å². The summed E-state index contributed by atoms with van der Waals surface area (Å²) in [6, 6.07) is 4.69. The van der Waals surface area contributed by atoms with Gasteiger partial charge in [0, 0.05) is 25.2 Å². The molecule has 4 aromatic rings. The van der Waals surface area contributed by atoms with Gasteiger partial charge in [-0.25, -0.2) is 15.0 Å². The molecule has 2 aliphatic carbocycles. The molecule has 3 aromatic heterocycles. The van der Waals surface area contributed by atoms with E-state index in [0.717, 1.165) is 55.7 Å². The summed E-state index contributed by atoms with van der Waals surface area (Å²) >= 11 is 5.83. The van der Waals surface area contributed by atoms with E-state index in [2.05, 4.69) is 31.9 Å². The predicted molar refractivity (Wildman–Crippen MR) is 143 cm³/mol. The van der Waals surface area contributed by atoms with Gasteiger partial charge >= 0.3 is 6.18 Å². The van der Waals surface area contributed by atoms with Crippen molar-refractivity contribution in [3.63, 3.8) is 0 Å². The van der Waals surface area contributed by atoms with Crippen LogP contribution in [0.5, 0.6) is 0 Å². The van der Waals surface area contributed by atoms with Crippen molar-refractivity contribution in [3.05, 3.63) is 47.1 Å². The Labute approximate surface area is 228 Å². The van der Waals surface area contributed by atoms with Crippen LogP contribution in [0.3, 0.4) is 0 Å². The first-order valence-corrected chi connectivity index (χ1v) is 13.6. The number of aliphatic hydroxyl groups excluding tert-OH is 1. The molecular formula is C27H31ClF3N7O. The smallest absolute Gasteiger partial charge is 0.391 e. The fraction of sp³-hybridized carbons (Fsp3) is 0.519. The Bertz CT molecular complexity index is 1500. The number of nitrogens with zero attached hydrogens (tertiary/aromatic N) is 5. The molecule has 2 aliphatic rings. The van der Waals surface area contributed by atoms with Crippen molar-refractivity contribution in [1.82, 2.24) is 29.4 Å². The van der Waals surface area contributed by atoms with Gasteiger partial charge in [-0.05, 0) is 69.2 Å². The molecule has 3 atom stereocenters. The summed E-state index contributed by atoms with van der Waals surface area (Å²) in [6.07, 6.45) is 3.87. The van der Waals surface area contributed by atoms with Crippen molar-refractivity contribution < 1.29 is 18.3 Å². The number of fused-ring (bicyclic) bond motifs is 2. The van der Waals surface area contributed by atoms with Crippen LogP contribution in [0.25, 0.3) is 22.1 Å². The number of halogens is 4. The molecule has 8 nitrogen and oxygen atoms in total. The maximum Gasteiger partial charge on any atom is 0.417 e. The number of hydrogen-bond acceptors (Lipinski definition) is 6. The summed E-state index contributed by atoms with van der Waals surface area (Å²) in [5.74, 6) is 2.07. The number of nitrogen functional groups attached to an aromatic ring is 1. The van der Waals surface area contributed by atoms with E-state index in [4.69, 9.17) is 17.3 Å². The van der Waals surface area contributed by atoms with Gasteiger partial charge in [0.15, 0.2) is 0 Å². The zero-order chi connectivity index (χ0) is 27.5. The molecule has 0 bridgehead atoms. The average Bonchev–Trinajstić information content (AvgIpc) is 3.53. The third kappa shape index (κ3) is 5.07. The number of aliphatic hydroxyl groups is 1. The van der Waals surface area contributed by atoms with Crippen molar-refractivity contribution in [2.75, 3.05) is 19.3 Å². The van der Waals surface area contributed by atoms with Gasteiger partial charge in [0.25, 0.3) is 0 Å². The van der Waals surface area contributed by atoms with Crippen molar-refractivity contribution >= 4 is 39.5 Å². The normalized spacial score (nSPS) is 25.7. The van der Waals surface area contributed by atoms with E-state index < -0.39 is 17.8 Å². The standard InChI is InChI=1S/C27H31ClF3N7O/c1-37(12-15-8-22(23(39)9-15)38-5-4-17-25(32)33-13-34-26(17)38)16-6-14(7-16)2-3-24-35-20-10-18(27(29,30)31)19(28)11-21(20)36-24/h4-5,10-11,13-16,22-23,39H,2-3,6-9,12H2,1H3,(H,35,36)(H2,32,33,34). The van der Waals surface area contributed by atoms with Gasteiger partial charge in [0.05, 0.1) is 39.2 Å². The fourth-order valence-corrected chi connectivity index (χ4v) is 6.68.